The molecular weight excluding hydrogens is 486 g/mol. The second kappa shape index (κ2) is 12.2. The SMILES string of the molecule is CCOc1cccc(NC(=O)/C(C#N)=C\c2cc(Cl)c(OCc3cccc([N+](=O)[O-])c3)c(OC)c2)c1. The molecule has 10 heteroatoms. The number of nitro groups is 1. The Morgan fingerprint density at radius 2 is 1.94 bits per heavy atom. The van der Waals surface area contributed by atoms with E-state index in [1.54, 1.807) is 42.5 Å². The van der Waals surface area contributed by atoms with Crippen molar-refractivity contribution in [2.24, 2.45) is 0 Å². The highest BCUT2D eigenvalue weighted by molar-refractivity contribution is 6.32. The van der Waals surface area contributed by atoms with E-state index in [9.17, 15) is 20.2 Å². The number of nitrogens with zero attached hydrogens (tertiary/aromatic N) is 2. The van der Waals surface area contributed by atoms with Crippen molar-refractivity contribution < 1.29 is 23.9 Å². The van der Waals surface area contributed by atoms with Gasteiger partial charge < -0.3 is 19.5 Å². The molecule has 0 unspecified atom stereocenters. The zero-order chi connectivity index (χ0) is 26.1. The van der Waals surface area contributed by atoms with Crippen molar-refractivity contribution in [1.82, 2.24) is 0 Å². The lowest BCUT2D eigenvalue weighted by Crippen LogP contribution is -2.13. The smallest absolute Gasteiger partial charge is 0.269 e. The van der Waals surface area contributed by atoms with Crippen LogP contribution in [0.3, 0.4) is 0 Å². The average molecular weight is 508 g/mol. The van der Waals surface area contributed by atoms with Gasteiger partial charge >= 0.3 is 0 Å². The predicted octanol–water partition coefficient (Wildman–Crippen LogP) is 5.78. The number of hydrogen-bond donors (Lipinski definition) is 1. The van der Waals surface area contributed by atoms with E-state index in [-0.39, 0.29) is 34.4 Å². The van der Waals surface area contributed by atoms with E-state index in [1.807, 2.05) is 13.0 Å². The van der Waals surface area contributed by atoms with Crippen molar-refractivity contribution in [2.75, 3.05) is 19.0 Å². The first-order valence-corrected chi connectivity index (χ1v) is 11.1. The lowest BCUT2D eigenvalue weighted by Gasteiger charge is -2.13. The molecule has 3 rings (SSSR count). The van der Waals surface area contributed by atoms with Gasteiger partial charge in [-0.1, -0.05) is 29.8 Å². The number of nitriles is 1. The van der Waals surface area contributed by atoms with Crippen molar-refractivity contribution in [3.63, 3.8) is 0 Å². The number of nitro benzene ring substituents is 1. The molecule has 0 spiro atoms. The number of non-ortho nitro benzene ring substituents is 1. The summed E-state index contributed by atoms with van der Waals surface area (Å²) in [5.41, 5.74) is 1.28. The summed E-state index contributed by atoms with van der Waals surface area (Å²) in [6.45, 7) is 2.35. The largest absolute Gasteiger partial charge is 0.494 e. The van der Waals surface area contributed by atoms with Gasteiger partial charge in [0.15, 0.2) is 11.5 Å². The molecule has 0 saturated carbocycles. The van der Waals surface area contributed by atoms with Crippen LogP contribution in [0.5, 0.6) is 17.2 Å². The van der Waals surface area contributed by atoms with Crippen LogP contribution in [0.2, 0.25) is 5.02 Å². The zero-order valence-corrected chi connectivity index (χ0v) is 20.2. The molecule has 184 valence electrons. The Morgan fingerprint density at radius 3 is 2.64 bits per heavy atom. The molecule has 0 atom stereocenters. The van der Waals surface area contributed by atoms with Crippen LogP contribution in [0, 0.1) is 21.4 Å². The number of ether oxygens (including phenoxy) is 3. The number of benzene rings is 3. The molecule has 0 aliphatic heterocycles. The first-order valence-electron chi connectivity index (χ1n) is 10.7. The summed E-state index contributed by atoms with van der Waals surface area (Å²) in [7, 11) is 1.42. The maximum absolute atomic E-state index is 12.7. The molecule has 36 heavy (non-hydrogen) atoms. The number of methoxy groups -OCH3 is 1. The van der Waals surface area contributed by atoms with Crippen LogP contribution < -0.4 is 19.5 Å². The van der Waals surface area contributed by atoms with Crippen molar-refractivity contribution in [1.29, 1.82) is 5.26 Å². The maximum Gasteiger partial charge on any atom is 0.269 e. The number of hydrogen-bond acceptors (Lipinski definition) is 7. The van der Waals surface area contributed by atoms with Crippen LogP contribution in [0.4, 0.5) is 11.4 Å². The summed E-state index contributed by atoms with van der Waals surface area (Å²) in [4.78, 5) is 23.2. The van der Waals surface area contributed by atoms with Crippen molar-refractivity contribution in [3.8, 4) is 23.3 Å². The number of rotatable bonds is 10. The third-order valence-electron chi connectivity index (χ3n) is 4.84. The van der Waals surface area contributed by atoms with E-state index in [0.717, 1.165) is 0 Å². The molecule has 0 aromatic heterocycles. The Morgan fingerprint density at radius 1 is 1.17 bits per heavy atom. The highest BCUT2D eigenvalue weighted by atomic mass is 35.5. The number of anilines is 1. The van der Waals surface area contributed by atoms with Crippen LogP contribution >= 0.6 is 11.6 Å². The standard InChI is InChI=1S/C26H22ClN3O6/c1-3-35-22-9-5-7-20(14-22)29-26(31)19(15-28)10-18-12-23(27)25(24(13-18)34-2)36-16-17-6-4-8-21(11-17)30(32)33/h4-14H,3,16H2,1-2H3,(H,29,31)/b19-10-. The molecule has 0 heterocycles. The molecular formula is C26H22ClN3O6. The topological polar surface area (TPSA) is 124 Å². The average Bonchev–Trinajstić information content (AvgIpc) is 2.86. The molecule has 3 aromatic rings. The lowest BCUT2D eigenvalue weighted by atomic mass is 10.1. The van der Waals surface area contributed by atoms with E-state index in [1.165, 1.54) is 31.4 Å². The third-order valence-corrected chi connectivity index (χ3v) is 5.12. The van der Waals surface area contributed by atoms with Gasteiger partial charge in [-0.15, -0.1) is 0 Å². The minimum Gasteiger partial charge on any atom is -0.494 e. The molecule has 9 nitrogen and oxygen atoms in total. The van der Waals surface area contributed by atoms with Gasteiger partial charge in [-0.3, -0.25) is 14.9 Å². The van der Waals surface area contributed by atoms with E-state index < -0.39 is 10.8 Å². The van der Waals surface area contributed by atoms with Crippen molar-refractivity contribution >= 4 is 35.0 Å². The maximum atomic E-state index is 12.7. The van der Waals surface area contributed by atoms with Gasteiger partial charge in [0.05, 0.1) is 23.7 Å². The lowest BCUT2D eigenvalue weighted by molar-refractivity contribution is -0.384. The molecule has 0 saturated heterocycles. The first-order chi connectivity index (χ1) is 17.3. The zero-order valence-electron chi connectivity index (χ0n) is 19.5. The molecule has 3 aromatic carbocycles. The summed E-state index contributed by atoms with van der Waals surface area (Å²) in [6, 6.07) is 17.8. The Labute approximate surface area is 212 Å². The van der Waals surface area contributed by atoms with E-state index >= 15 is 0 Å². The number of carbonyl (C=O) groups excluding carboxylic acids is 1. The Hall–Kier alpha value is -4.55. The van der Waals surface area contributed by atoms with Crippen LogP contribution in [0.25, 0.3) is 6.08 Å². The van der Waals surface area contributed by atoms with Gasteiger partial charge in [0.25, 0.3) is 11.6 Å². The van der Waals surface area contributed by atoms with Gasteiger partial charge in [0.2, 0.25) is 0 Å². The van der Waals surface area contributed by atoms with Gasteiger partial charge in [-0.05, 0) is 48.4 Å². The second-order valence-corrected chi connectivity index (χ2v) is 7.74. The predicted molar refractivity (Wildman–Crippen MR) is 135 cm³/mol. The molecule has 0 bridgehead atoms. The van der Waals surface area contributed by atoms with Gasteiger partial charge in [0.1, 0.15) is 24.0 Å². The highest BCUT2D eigenvalue weighted by Crippen LogP contribution is 2.37. The molecule has 0 aliphatic carbocycles. The summed E-state index contributed by atoms with van der Waals surface area (Å²) >= 11 is 6.40. The Balaban J connectivity index is 1.80. The summed E-state index contributed by atoms with van der Waals surface area (Å²) in [5.74, 6) is 0.474. The fraction of sp³-hybridized carbons (Fsp3) is 0.154. The number of nitrogens with one attached hydrogen (secondary N) is 1. The Bertz CT molecular complexity index is 1350. The van der Waals surface area contributed by atoms with Gasteiger partial charge in [-0.2, -0.15) is 5.26 Å². The molecule has 1 N–H and O–H groups in total. The van der Waals surface area contributed by atoms with Gasteiger partial charge in [0, 0.05) is 23.9 Å². The highest BCUT2D eigenvalue weighted by Gasteiger charge is 2.15. The van der Waals surface area contributed by atoms with Crippen LogP contribution in [0.1, 0.15) is 18.1 Å². The molecule has 0 radical (unpaired) electrons. The Kier molecular flexibility index (Phi) is 8.86. The van der Waals surface area contributed by atoms with Crippen molar-refractivity contribution in [3.05, 3.63) is 92.5 Å². The normalized spacial score (nSPS) is 10.8. The minimum atomic E-state index is -0.604. The number of amides is 1. The van der Waals surface area contributed by atoms with Crippen LogP contribution in [-0.4, -0.2) is 24.5 Å². The minimum absolute atomic E-state index is 0.0135. The third kappa shape index (κ3) is 6.74. The molecule has 1 amide bonds. The fourth-order valence-electron chi connectivity index (χ4n) is 3.22. The first kappa shape index (κ1) is 26.1. The van der Waals surface area contributed by atoms with E-state index in [2.05, 4.69) is 5.32 Å². The summed E-state index contributed by atoms with van der Waals surface area (Å²) in [5, 5.41) is 23.4. The second-order valence-electron chi connectivity index (χ2n) is 7.33. The van der Waals surface area contributed by atoms with Crippen LogP contribution in [-0.2, 0) is 11.4 Å². The number of halogens is 1. The summed E-state index contributed by atoms with van der Waals surface area (Å²) < 4.78 is 16.6. The van der Waals surface area contributed by atoms with E-state index in [0.29, 0.717) is 29.2 Å². The number of carbonyl (C=O) groups is 1. The van der Waals surface area contributed by atoms with Gasteiger partial charge in [-0.25, -0.2) is 0 Å². The fourth-order valence-corrected chi connectivity index (χ4v) is 3.50. The molecule has 0 aliphatic rings. The monoisotopic (exact) mass is 507 g/mol. The van der Waals surface area contributed by atoms with Crippen molar-refractivity contribution in [2.45, 2.75) is 13.5 Å². The van der Waals surface area contributed by atoms with Crippen LogP contribution in [0.15, 0.2) is 66.2 Å². The quantitative estimate of drug-likeness (QED) is 0.159. The molecule has 0 fully saturated rings. The summed E-state index contributed by atoms with van der Waals surface area (Å²) in [6.07, 6.45) is 1.38. The van der Waals surface area contributed by atoms with E-state index in [4.69, 9.17) is 25.8 Å².